The van der Waals surface area contributed by atoms with Crippen molar-refractivity contribution in [2.45, 2.75) is 58.0 Å². The van der Waals surface area contributed by atoms with Gasteiger partial charge < -0.3 is 13.9 Å². The van der Waals surface area contributed by atoms with Crippen LogP contribution in [0.3, 0.4) is 0 Å². The summed E-state index contributed by atoms with van der Waals surface area (Å²) in [5.74, 6) is 2.05. The van der Waals surface area contributed by atoms with E-state index in [9.17, 15) is 4.79 Å². The van der Waals surface area contributed by atoms with Crippen LogP contribution in [0.25, 0.3) is 0 Å². The van der Waals surface area contributed by atoms with E-state index in [1.54, 1.807) is 12.5 Å². The number of aromatic nitrogens is 2. The van der Waals surface area contributed by atoms with Crippen molar-refractivity contribution in [1.82, 2.24) is 14.5 Å². The van der Waals surface area contributed by atoms with Gasteiger partial charge in [0.25, 0.3) is 0 Å². The number of aryl methyl sites for hydroxylation is 1. The summed E-state index contributed by atoms with van der Waals surface area (Å²) in [4.78, 5) is 19.1. The Bertz CT molecular complexity index is 632. The Labute approximate surface area is 137 Å². The van der Waals surface area contributed by atoms with E-state index in [0.29, 0.717) is 0 Å². The van der Waals surface area contributed by atoms with Crippen LogP contribution in [-0.2, 0) is 11.2 Å². The third-order valence-corrected chi connectivity index (χ3v) is 4.72. The second-order valence-electron chi connectivity index (χ2n) is 6.24. The van der Waals surface area contributed by atoms with Crippen molar-refractivity contribution >= 4 is 5.91 Å². The number of hydrogen-bond donors (Lipinski definition) is 0. The highest BCUT2D eigenvalue weighted by atomic mass is 16.3. The molecule has 3 heterocycles. The van der Waals surface area contributed by atoms with Gasteiger partial charge in [-0.15, -0.1) is 0 Å². The zero-order valence-corrected chi connectivity index (χ0v) is 13.9. The average Bonchev–Trinajstić information content (AvgIpc) is 3.21. The van der Waals surface area contributed by atoms with Crippen molar-refractivity contribution in [1.29, 1.82) is 0 Å². The molecule has 1 saturated heterocycles. The Hall–Kier alpha value is -2.04. The van der Waals surface area contributed by atoms with E-state index in [1.807, 2.05) is 34.7 Å². The number of nitrogens with zero attached hydrogens (tertiary/aromatic N) is 3. The van der Waals surface area contributed by atoms with E-state index in [-0.39, 0.29) is 18.0 Å². The van der Waals surface area contributed by atoms with Crippen molar-refractivity contribution in [2.75, 3.05) is 6.54 Å². The van der Waals surface area contributed by atoms with Crippen LogP contribution in [0.15, 0.2) is 35.3 Å². The van der Waals surface area contributed by atoms with Crippen LogP contribution in [0.1, 0.15) is 63.1 Å². The summed E-state index contributed by atoms with van der Waals surface area (Å²) in [6.07, 6.45) is 10.5. The summed E-state index contributed by atoms with van der Waals surface area (Å²) < 4.78 is 7.83. The summed E-state index contributed by atoms with van der Waals surface area (Å²) in [6.45, 7) is 4.82. The molecule has 0 aliphatic carbocycles. The first-order valence-electron chi connectivity index (χ1n) is 8.57. The van der Waals surface area contributed by atoms with Gasteiger partial charge in [0.15, 0.2) is 0 Å². The maximum Gasteiger partial charge on any atom is 0.246 e. The zero-order chi connectivity index (χ0) is 16.2. The first kappa shape index (κ1) is 15.8. The molecule has 0 spiro atoms. The number of amides is 1. The Morgan fingerprint density at radius 2 is 2.26 bits per heavy atom. The Morgan fingerprint density at radius 1 is 1.39 bits per heavy atom. The number of carbonyl (C=O) groups excluding carboxylic acids is 1. The van der Waals surface area contributed by atoms with Crippen molar-refractivity contribution in [3.05, 3.63) is 42.4 Å². The van der Waals surface area contributed by atoms with E-state index in [2.05, 4.69) is 11.9 Å². The molecular weight excluding hydrogens is 290 g/mol. The third kappa shape index (κ3) is 3.33. The van der Waals surface area contributed by atoms with Gasteiger partial charge in [0.05, 0.1) is 12.4 Å². The molecule has 2 atom stereocenters. The maximum absolute atomic E-state index is 13.0. The summed E-state index contributed by atoms with van der Waals surface area (Å²) in [5, 5.41) is 0. The Morgan fingerprint density at radius 3 is 2.96 bits per heavy atom. The van der Waals surface area contributed by atoms with Gasteiger partial charge in [-0.05, 0) is 31.9 Å². The van der Waals surface area contributed by atoms with Crippen LogP contribution in [0.5, 0.6) is 0 Å². The standard InChI is InChI=1S/C18H25N3O2/c1-3-15-8-9-17(23-15)16-7-5-4-6-11-21(16)18(22)14(2)20-12-10-19-13-20/h8-10,12-14,16H,3-7,11H2,1-2H3/t14-,16+/m0/s1. The number of hydrogen-bond acceptors (Lipinski definition) is 3. The third-order valence-electron chi connectivity index (χ3n) is 4.72. The fraction of sp³-hybridized carbons (Fsp3) is 0.556. The quantitative estimate of drug-likeness (QED) is 0.863. The molecule has 5 nitrogen and oxygen atoms in total. The normalized spacial score (nSPS) is 20.3. The van der Waals surface area contributed by atoms with Crippen LogP contribution in [0, 0.1) is 0 Å². The molecule has 0 saturated carbocycles. The molecule has 124 valence electrons. The fourth-order valence-corrected chi connectivity index (χ4v) is 3.30. The van der Waals surface area contributed by atoms with E-state index >= 15 is 0 Å². The van der Waals surface area contributed by atoms with E-state index in [1.165, 1.54) is 6.42 Å². The first-order valence-corrected chi connectivity index (χ1v) is 8.57. The minimum absolute atomic E-state index is 0.0521. The molecule has 1 aliphatic rings. The van der Waals surface area contributed by atoms with Gasteiger partial charge in [-0.1, -0.05) is 19.8 Å². The van der Waals surface area contributed by atoms with Crippen LogP contribution in [0.2, 0.25) is 0 Å². The predicted octanol–water partition coefficient (Wildman–Crippen LogP) is 3.74. The largest absolute Gasteiger partial charge is 0.464 e. The highest BCUT2D eigenvalue weighted by molar-refractivity contribution is 5.80. The van der Waals surface area contributed by atoms with Gasteiger partial charge in [0, 0.05) is 25.4 Å². The highest BCUT2D eigenvalue weighted by Crippen LogP contribution is 2.33. The number of furan rings is 1. The molecule has 2 aromatic heterocycles. The molecular formula is C18H25N3O2. The van der Waals surface area contributed by atoms with Crippen molar-refractivity contribution in [3.8, 4) is 0 Å². The lowest BCUT2D eigenvalue weighted by Gasteiger charge is -2.31. The molecule has 0 aromatic carbocycles. The Balaban J connectivity index is 1.84. The molecule has 2 aromatic rings. The predicted molar refractivity (Wildman–Crippen MR) is 87.9 cm³/mol. The topological polar surface area (TPSA) is 51.3 Å². The van der Waals surface area contributed by atoms with Crippen LogP contribution >= 0.6 is 0 Å². The van der Waals surface area contributed by atoms with Gasteiger partial charge in [-0.2, -0.15) is 0 Å². The van der Waals surface area contributed by atoms with E-state index in [0.717, 1.165) is 43.7 Å². The fourth-order valence-electron chi connectivity index (χ4n) is 3.30. The lowest BCUT2D eigenvalue weighted by atomic mass is 10.1. The molecule has 1 amide bonds. The first-order chi connectivity index (χ1) is 11.2. The molecule has 5 heteroatoms. The van der Waals surface area contributed by atoms with Gasteiger partial charge >= 0.3 is 0 Å². The molecule has 0 N–H and O–H groups in total. The Kier molecular flexibility index (Phi) is 4.84. The monoisotopic (exact) mass is 315 g/mol. The molecule has 0 unspecified atom stereocenters. The van der Waals surface area contributed by atoms with E-state index < -0.39 is 0 Å². The van der Waals surface area contributed by atoms with Crippen molar-refractivity contribution < 1.29 is 9.21 Å². The highest BCUT2D eigenvalue weighted by Gasteiger charge is 2.31. The minimum atomic E-state index is -0.237. The van der Waals surface area contributed by atoms with Crippen LogP contribution in [0.4, 0.5) is 0 Å². The number of rotatable bonds is 4. The van der Waals surface area contributed by atoms with Gasteiger partial charge in [0.1, 0.15) is 17.6 Å². The van der Waals surface area contributed by atoms with Gasteiger partial charge in [-0.3, -0.25) is 4.79 Å². The SMILES string of the molecule is CCc1ccc([C@H]2CCCCCN2C(=O)[C@H](C)n2ccnc2)o1. The van der Waals surface area contributed by atoms with Gasteiger partial charge in [-0.25, -0.2) is 4.98 Å². The minimum Gasteiger partial charge on any atom is -0.464 e. The number of carbonyl (C=O) groups is 1. The zero-order valence-electron chi connectivity index (χ0n) is 13.9. The molecule has 3 rings (SSSR count). The summed E-state index contributed by atoms with van der Waals surface area (Å²) in [5.41, 5.74) is 0. The molecule has 0 bridgehead atoms. The average molecular weight is 315 g/mol. The second-order valence-corrected chi connectivity index (χ2v) is 6.24. The molecule has 1 aliphatic heterocycles. The smallest absolute Gasteiger partial charge is 0.246 e. The molecule has 23 heavy (non-hydrogen) atoms. The number of imidazole rings is 1. The lowest BCUT2D eigenvalue weighted by molar-refractivity contribution is -0.137. The van der Waals surface area contributed by atoms with Crippen LogP contribution < -0.4 is 0 Å². The second kappa shape index (κ2) is 7.02. The summed E-state index contributed by atoms with van der Waals surface area (Å²) in [7, 11) is 0. The van der Waals surface area contributed by atoms with Crippen molar-refractivity contribution in [3.63, 3.8) is 0 Å². The summed E-state index contributed by atoms with van der Waals surface area (Å²) >= 11 is 0. The lowest BCUT2D eigenvalue weighted by Crippen LogP contribution is -2.38. The van der Waals surface area contributed by atoms with E-state index in [4.69, 9.17) is 4.42 Å². The van der Waals surface area contributed by atoms with Gasteiger partial charge in [0.2, 0.25) is 5.91 Å². The molecule has 0 radical (unpaired) electrons. The van der Waals surface area contributed by atoms with Crippen molar-refractivity contribution in [2.24, 2.45) is 0 Å². The number of likely N-dealkylation sites (tertiary alicyclic amines) is 1. The molecule has 1 fully saturated rings. The summed E-state index contributed by atoms with van der Waals surface area (Å²) in [6, 6.07) is 3.88. The van der Waals surface area contributed by atoms with Crippen LogP contribution in [-0.4, -0.2) is 26.9 Å². The maximum atomic E-state index is 13.0.